The number of rotatable bonds is 6. The van der Waals surface area contributed by atoms with Crippen molar-refractivity contribution in [3.63, 3.8) is 0 Å². The lowest BCUT2D eigenvalue weighted by Gasteiger charge is -2.22. The summed E-state index contributed by atoms with van der Waals surface area (Å²) < 4.78 is 37.3. The minimum Gasteiger partial charge on any atom is -0.318 e. The molecule has 0 amide bonds. The highest BCUT2D eigenvalue weighted by molar-refractivity contribution is 6.33. The molecular weight excluding hydrogens is 304 g/mol. The van der Waals surface area contributed by atoms with Gasteiger partial charge in [-0.15, -0.1) is 0 Å². The maximum absolute atomic E-state index is 12.4. The minimum atomic E-state index is -4.28. The molecule has 0 saturated carbocycles. The zero-order chi connectivity index (χ0) is 14.5. The van der Waals surface area contributed by atoms with Crippen molar-refractivity contribution in [3.05, 3.63) is 22.2 Å². The molecule has 108 valence electrons. The van der Waals surface area contributed by atoms with Crippen molar-refractivity contribution in [1.29, 1.82) is 0 Å². The second-order valence-electron chi connectivity index (χ2n) is 3.86. The molecule has 4 nitrogen and oxygen atoms in total. The first-order valence-electron chi connectivity index (χ1n) is 5.43. The zero-order valence-corrected chi connectivity index (χ0v) is 11.6. The van der Waals surface area contributed by atoms with E-state index in [4.69, 9.17) is 23.2 Å². The van der Waals surface area contributed by atoms with Crippen LogP contribution in [-0.2, 0) is 6.54 Å². The molecule has 1 aromatic heterocycles. The van der Waals surface area contributed by atoms with E-state index in [1.165, 1.54) is 11.0 Å². The van der Waals surface area contributed by atoms with Crippen LogP contribution < -0.4 is 5.32 Å². The Morgan fingerprint density at radius 2 is 1.84 bits per heavy atom. The van der Waals surface area contributed by atoms with Gasteiger partial charge in [-0.2, -0.15) is 13.2 Å². The summed E-state index contributed by atoms with van der Waals surface area (Å²) in [6.45, 7) is -0.475. The average molecular weight is 317 g/mol. The molecule has 0 atom stereocenters. The molecule has 0 spiro atoms. The van der Waals surface area contributed by atoms with Crippen molar-refractivity contribution in [2.24, 2.45) is 0 Å². The largest absolute Gasteiger partial charge is 0.401 e. The molecule has 0 aliphatic carbocycles. The van der Waals surface area contributed by atoms with Crippen molar-refractivity contribution in [2.75, 3.05) is 26.7 Å². The lowest BCUT2D eigenvalue weighted by molar-refractivity contribution is -0.147. The molecule has 0 fully saturated rings. The summed E-state index contributed by atoms with van der Waals surface area (Å²) in [5.41, 5.74) is 0. The third-order valence-corrected chi connectivity index (χ3v) is 2.54. The number of nitrogens with one attached hydrogen (secondary N) is 1. The molecule has 1 rings (SSSR count). The highest BCUT2D eigenvalue weighted by Crippen LogP contribution is 2.18. The first-order chi connectivity index (χ1) is 8.80. The zero-order valence-electron chi connectivity index (χ0n) is 10.1. The predicted molar refractivity (Wildman–Crippen MR) is 67.3 cm³/mol. The van der Waals surface area contributed by atoms with Crippen LogP contribution in [0.2, 0.25) is 10.3 Å². The highest BCUT2D eigenvalue weighted by Gasteiger charge is 2.30. The van der Waals surface area contributed by atoms with E-state index in [0.717, 1.165) is 0 Å². The van der Waals surface area contributed by atoms with Gasteiger partial charge in [-0.25, -0.2) is 9.97 Å². The molecule has 0 bridgehead atoms. The second kappa shape index (κ2) is 7.23. The van der Waals surface area contributed by atoms with Crippen LogP contribution in [0.1, 0.15) is 5.82 Å². The number of aromatic nitrogens is 2. The molecule has 1 N–H and O–H groups in total. The normalized spacial score (nSPS) is 12.2. The molecule has 0 unspecified atom stereocenters. The fraction of sp³-hybridized carbons (Fsp3) is 0.600. The molecule has 1 heterocycles. The van der Waals surface area contributed by atoms with Gasteiger partial charge in [0, 0.05) is 19.2 Å². The first-order valence-corrected chi connectivity index (χ1v) is 6.18. The van der Waals surface area contributed by atoms with Gasteiger partial charge >= 0.3 is 6.18 Å². The fourth-order valence-corrected chi connectivity index (χ4v) is 1.90. The standard InChI is InChI=1S/C10H13Cl2F3N4/c1-16-2-3-19(6-10(13,14)15)5-9-17-7(11)4-8(12)18-9/h4,16H,2-3,5-6H2,1H3. The smallest absolute Gasteiger partial charge is 0.318 e. The van der Waals surface area contributed by atoms with Crippen LogP contribution in [0.25, 0.3) is 0 Å². The van der Waals surface area contributed by atoms with Crippen molar-refractivity contribution >= 4 is 23.2 Å². The summed E-state index contributed by atoms with van der Waals surface area (Å²) in [6, 6.07) is 1.33. The number of hydrogen-bond acceptors (Lipinski definition) is 4. The summed E-state index contributed by atoms with van der Waals surface area (Å²) in [4.78, 5) is 8.88. The Bertz CT molecular complexity index is 394. The summed E-state index contributed by atoms with van der Waals surface area (Å²) in [5, 5.41) is 3.00. The van der Waals surface area contributed by atoms with E-state index in [9.17, 15) is 13.2 Å². The van der Waals surface area contributed by atoms with Gasteiger partial charge in [0.15, 0.2) is 0 Å². The molecule has 0 aliphatic rings. The molecular formula is C10H13Cl2F3N4. The van der Waals surface area contributed by atoms with Crippen LogP contribution in [0.4, 0.5) is 13.2 Å². The number of hydrogen-bond donors (Lipinski definition) is 1. The summed E-state index contributed by atoms with van der Waals surface area (Å²) in [5.74, 6) is 0.165. The van der Waals surface area contributed by atoms with E-state index in [2.05, 4.69) is 15.3 Å². The van der Waals surface area contributed by atoms with Gasteiger partial charge in [-0.05, 0) is 7.05 Å². The number of nitrogens with zero attached hydrogens (tertiary/aromatic N) is 3. The molecule has 19 heavy (non-hydrogen) atoms. The van der Waals surface area contributed by atoms with Gasteiger partial charge in [-0.3, -0.25) is 4.90 Å². The van der Waals surface area contributed by atoms with E-state index in [0.29, 0.717) is 6.54 Å². The number of likely N-dealkylation sites (N-methyl/N-ethyl adjacent to an activating group) is 1. The molecule has 1 aromatic rings. The van der Waals surface area contributed by atoms with Crippen molar-refractivity contribution in [1.82, 2.24) is 20.2 Å². The van der Waals surface area contributed by atoms with Gasteiger partial charge in [0.1, 0.15) is 16.1 Å². The molecule has 0 radical (unpaired) electrons. The molecule has 0 aromatic carbocycles. The van der Waals surface area contributed by atoms with Crippen LogP contribution in [0, 0.1) is 0 Å². The number of alkyl halides is 3. The van der Waals surface area contributed by atoms with Crippen LogP contribution >= 0.6 is 23.2 Å². The van der Waals surface area contributed by atoms with Crippen LogP contribution in [0.3, 0.4) is 0 Å². The van der Waals surface area contributed by atoms with Gasteiger partial charge < -0.3 is 5.32 Å². The van der Waals surface area contributed by atoms with E-state index < -0.39 is 12.7 Å². The Balaban J connectivity index is 2.75. The van der Waals surface area contributed by atoms with Crippen LogP contribution in [0.15, 0.2) is 6.07 Å². The monoisotopic (exact) mass is 316 g/mol. The van der Waals surface area contributed by atoms with Crippen LogP contribution in [-0.4, -0.2) is 47.7 Å². The van der Waals surface area contributed by atoms with Crippen molar-refractivity contribution < 1.29 is 13.2 Å². The van der Waals surface area contributed by atoms with Crippen molar-refractivity contribution in [2.45, 2.75) is 12.7 Å². The number of halogens is 5. The first kappa shape index (κ1) is 16.4. The lowest BCUT2D eigenvalue weighted by atomic mass is 10.4. The quantitative estimate of drug-likeness (QED) is 0.818. The third-order valence-electron chi connectivity index (χ3n) is 2.16. The minimum absolute atomic E-state index is 0.0680. The van der Waals surface area contributed by atoms with Gasteiger partial charge in [-0.1, -0.05) is 23.2 Å². The highest BCUT2D eigenvalue weighted by atomic mass is 35.5. The third kappa shape index (κ3) is 6.91. The SMILES string of the molecule is CNCCN(Cc1nc(Cl)cc(Cl)n1)CC(F)(F)F. The predicted octanol–water partition coefficient (Wildman–Crippen LogP) is 2.37. The van der Waals surface area contributed by atoms with Gasteiger partial charge in [0.25, 0.3) is 0 Å². The fourth-order valence-electron chi connectivity index (χ4n) is 1.44. The van der Waals surface area contributed by atoms with E-state index in [1.54, 1.807) is 7.05 Å². The topological polar surface area (TPSA) is 41.0 Å². The Hall–Kier alpha value is -0.630. The van der Waals surface area contributed by atoms with Crippen molar-refractivity contribution in [3.8, 4) is 0 Å². The molecule has 0 saturated heterocycles. The van der Waals surface area contributed by atoms with Crippen LogP contribution in [0.5, 0.6) is 0 Å². The second-order valence-corrected chi connectivity index (χ2v) is 4.63. The molecule has 0 aliphatic heterocycles. The molecule has 9 heteroatoms. The average Bonchev–Trinajstić information content (AvgIpc) is 2.22. The summed E-state index contributed by atoms with van der Waals surface area (Å²) >= 11 is 11.4. The Morgan fingerprint density at radius 3 is 2.32 bits per heavy atom. The van der Waals surface area contributed by atoms with Gasteiger partial charge in [0.2, 0.25) is 0 Å². The van der Waals surface area contributed by atoms with Gasteiger partial charge in [0.05, 0.1) is 13.1 Å². The lowest BCUT2D eigenvalue weighted by Crippen LogP contribution is -2.38. The Morgan fingerprint density at radius 1 is 1.26 bits per heavy atom. The van der Waals surface area contributed by atoms with E-state index in [1.807, 2.05) is 0 Å². The summed E-state index contributed by atoms with van der Waals surface area (Å²) in [7, 11) is 1.67. The summed E-state index contributed by atoms with van der Waals surface area (Å²) in [6.07, 6.45) is -4.28. The Labute approximate surface area is 118 Å². The Kier molecular flexibility index (Phi) is 6.25. The maximum Gasteiger partial charge on any atom is 0.401 e. The van der Waals surface area contributed by atoms with E-state index >= 15 is 0 Å². The maximum atomic E-state index is 12.4. The van der Waals surface area contributed by atoms with E-state index in [-0.39, 0.29) is 29.2 Å².